The second-order valence-electron chi connectivity index (χ2n) is 8.14. The van der Waals surface area contributed by atoms with Gasteiger partial charge in [-0.1, -0.05) is 30.3 Å². The highest BCUT2D eigenvalue weighted by Crippen LogP contribution is 2.37. The van der Waals surface area contributed by atoms with Crippen LogP contribution in [-0.4, -0.2) is 44.9 Å². The smallest absolute Gasteiger partial charge is 0.243 e. The molecule has 2 aromatic rings. The molecule has 6 nitrogen and oxygen atoms in total. The molecule has 0 bridgehead atoms. The number of carbonyl (C=O) groups is 1. The fourth-order valence-corrected chi connectivity index (χ4v) is 6.08. The summed E-state index contributed by atoms with van der Waals surface area (Å²) in [4.78, 5) is 13.8. The summed E-state index contributed by atoms with van der Waals surface area (Å²) < 4.78 is 34.0. The van der Waals surface area contributed by atoms with Crippen LogP contribution in [0, 0.1) is 12.8 Å². The molecule has 7 heteroatoms. The van der Waals surface area contributed by atoms with Gasteiger partial charge in [0.25, 0.3) is 0 Å². The van der Waals surface area contributed by atoms with Gasteiger partial charge in [0.05, 0.1) is 17.1 Å². The predicted octanol–water partition coefficient (Wildman–Crippen LogP) is 3.38. The zero-order valence-electron chi connectivity index (χ0n) is 17.5. The number of anilines is 1. The van der Waals surface area contributed by atoms with Crippen molar-refractivity contribution in [2.24, 2.45) is 5.92 Å². The van der Waals surface area contributed by atoms with Crippen LogP contribution in [-0.2, 0) is 21.2 Å². The summed E-state index contributed by atoms with van der Waals surface area (Å²) in [5.41, 5.74) is 2.58. The molecular formula is C23H28N2O4S. The van der Waals surface area contributed by atoms with E-state index in [1.165, 1.54) is 12.5 Å². The van der Waals surface area contributed by atoms with Crippen molar-refractivity contribution in [2.45, 2.75) is 38.0 Å². The van der Waals surface area contributed by atoms with E-state index in [0.717, 1.165) is 19.3 Å². The molecule has 0 aliphatic carbocycles. The lowest BCUT2D eigenvalue weighted by molar-refractivity contribution is -0.116. The number of aryl methyl sites for hydroxylation is 1. The largest absolute Gasteiger partial charge is 0.489 e. The molecular weight excluding hydrogens is 400 g/mol. The van der Waals surface area contributed by atoms with Crippen LogP contribution in [0.4, 0.5) is 5.69 Å². The summed E-state index contributed by atoms with van der Waals surface area (Å²) in [6.07, 6.45) is 2.70. The summed E-state index contributed by atoms with van der Waals surface area (Å²) in [6.45, 7) is 5.17. The SMILES string of the molecule is CC(=O)N1CCOc2cc(S(=O)(=O)N3CCC(Cc4ccccc4)CC3)c(C)cc21. The Morgan fingerprint density at radius 3 is 2.47 bits per heavy atom. The molecule has 1 saturated heterocycles. The molecule has 2 aromatic carbocycles. The Labute approximate surface area is 178 Å². The van der Waals surface area contributed by atoms with Gasteiger partial charge in [-0.05, 0) is 49.3 Å². The third-order valence-electron chi connectivity index (χ3n) is 6.06. The van der Waals surface area contributed by atoms with Gasteiger partial charge >= 0.3 is 0 Å². The van der Waals surface area contributed by atoms with E-state index in [0.29, 0.717) is 49.2 Å². The first-order valence-corrected chi connectivity index (χ1v) is 11.9. The molecule has 0 atom stereocenters. The Morgan fingerprint density at radius 2 is 1.80 bits per heavy atom. The van der Waals surface area contributed by atoms with Crippen LogP contribution < -0.4 is 9.64 Å². The van der Waals surface area contributed by atoms with Crippen molar-refractivity contribution in [3.8, 4) is 5.75 Å². The Bertz CT molecular complexity index is 1030. The zero-order chi connectivity index (χ0) is 21.3. The van der Waals surface area contributed by atoms with Crippen LogP contribution in [0.25, 0.3) is 0 Å². The summed E-state index contributed by atoms with van der Waals surface area (Å²) in [5, 5.41) is 0. The second-order valence-corrected chi connectivity index (χ2v) is 10.0. The Balaban J connectivity index is 1.51. The molecule has 4 rings (SSSR count). The Morgan fingerprint density at radius 1 is 1.10 bits per heavy atom. The number of carbonyl (C=O) groups excluding carboxylic acids is 1. The van der Waals surface area contributed by atoms with Crippen molar-refractivity contribution in [3.63, 3.8) is 0 Å². The maximum atomic E-state index is 13.4. The van der Waals surface area contributed by atoms with Crippen LogP contribution in [0.15, 0.2) is 47.4 Å². The highest BCUT2D eigenvalue weighted by molar-refractivity contribution is 7.89. The standard InChI is InChI=1S/C23H28N2O4S/c1-17-14-21-22(29-13-12-25(21)18(2)26)16-23(17)30(27,28)24-10-8-20(9-11-24)15-19-6-4-3-5-7-19/h3-7,14,16,20H,8-13,15H2,1-2H3. The molecule has 0 N–H and O–H groups in total. The van der Waals surface area contributed by atoms with Gasteiger partial charge < -0.3 is 9.64 Å². The molecule has 0 unspecified atom stereocenters. The van der Waals surface area contributed by atoms with Crippen LogP contribution in [0.1, 0.15) is 30.9 Å². The van der Waals surface area contributed by atoms with E-state index in [4.69, 9.17) is 4.74 Å². The molecule has 0 aromatic heterocycles. The molecule has 1 fully saturated rings. The van der Waals surface area contributed by atoms with Gasteiger partial charge in [-0.15, -0.1) is 0 Å². The van der Waals surface area contributed by atoms with Crippen LogP contribution in [0.2, 0.25) is 0 Å². The minimum atomic E-state index is -3.61. The van der Waals surface area contributed by atoms with E-state index in [1.807, 2.05) is 18.2 Å². The molecule has 0 saturated carbocycles. The average Bonchev–Trinajstić information content (AvgIpc) is 2.74. The number of ether oxygens (including phenoxy) is 1. The van der Waals surface area contributed by atoms with E-state index in [2.05, 4.69) is 12.1 Å². The van der Waals surface area contributed by atoms with Gasteiger partial charge in [-0.3, -0.25) is 4.79 Å². The van der Waals surface area contributed by atoms with Crippen LogP contribution >= 0.6 is 0 Å². The Kier molecular flexibility index (Phi) is 5.84. The minimum Gasteiger partial charge on any atom is -0.489 e. The van der Waals surface area contributed by atoms with E-state index < -0.39 is 10.0 Å². The van der Waals surface area contributed by atoms with Gasteiger partial charge in [0.1, 0.15) is 12.4 Å². The third-order valence-corrected chi connectivity index (χ3v) is 8.10. The summed E-state index contributed by atoms with van der Waals surface area (Å²) in [5.74, 6) is 0.880. The number of hydrogen-bond donors (Lipinski definition) is 0. The van der Waals surface area contributed by atoms with Gasteiger partial charge in [-0.25, -0.2) is 8.42 Å². The van der Waals surface area contributed by atoms with Crippen molar-refractivity contribution >= 4 is 21.6 Å². The lowest BCUT2D eigenvalue weighted by atomic mass is 9.91. The molecule has 1 amide bonds. The fraction of sp³-hybridized carbons (Fsp3) is 0.435. The normalized spacial score (nSPS) is 18.0. The van der Waals surface area contributed by atoms with Crippen molar-refractivity contribution in [1.82, 2.24) is 4.31 Å². The molecule has 0 spiro atoms. The van der Waals surface area contributed by atoms with E-state index in [1.54, 1.807) is 28.3 Å². The average molecular weight is 429 g/mol. The predicted molar refractivity (Wildman–Crippen MR) is 116 cm³/mol. The minimum absolute atomic E-state index is 0.0740. The van der Waals surface area contributed by atoms with Crippen LogP contribution in [0.5, 0.6) is 5.75 Å². The Hall–Kier alpha value is -2.38. The van der Waals surface area contributed by atoms with E-state index in [-0.39, 0.29) is 10.8 Å². The molecule has 0 radical (unpaired) electrons. The van der Waals surface area contributed by atoms with Crippen molar-refractivity contribution in [3.05, 3.63) is 53.6 Å². The first kappa shape index (κ1) is 20.9. The second kappa shape index (κ2) is 8.40. The highest BCUT2D eigenvalue weighted by Gasteiger charge is 2.32. The molecule has 2 aliphatic rings. The van der Waals surface area contributed by atoms with Gasteiger partial charge in [-0.2, -0.15) is 4.31 Å². The molecule has 160 valence electrons. The number of sulfonamides is 1. The van der Waals surface area contributed by atoms with E-state index in [9.17, 15) is 13.2 Å². The summed E-state index contributed by atoms with van der Waals surface area (Å²) in [6, 6.07) is 13.7. The maximum absolute atomic E-state index is 13.4. The number of hydrogen-bond acceptors (Lipinski definition) is 4. The van der Waals surface area contributed by atoms with Gasteiger partial charge in [0.15, 0.2) is 0 Å². The van der Waals surface area contributed by atoms with Gasteiger partial charge in [0.2, 0.25) is 15.9 Å². The van der Waals surface area contributed by atoms with E-state index >= 15 is 0 Å². The van der Waals surface area contributed by atoms with Crippen molar-refractivity contribution < 1.29 is 17.9 Å². The quantitative estimate of drug-likeness (QED) is 0.749. The molecule has 2 aliphatic heterocycles. The number of amides is 1. The molecule has 30 heavy (non-hydrogen) atoms. The number of fused-ring (bicyclic) bond motifs is 1. The topological polar surface area (TPSA) is 66.9 Å². The van der Waals surface area contributed by atoms with Crippen molar-refractivity contribution in [1.29, 1.82) is 0 Å². The number of benzene rings is 2. The summed E-state index contributed by atoms with van der Waals surface area (Å²) >= 11 is 0. The first-order valence-electron chi connectivity index (χ1n) is 10.5. The zero-order valence-corrected chi connectivity index (χ0v) is 18.3. The lowest BCUT2D eigenvalue weighted by Gasteiger charge is -2.33. The van der Waals surface area contributed by atoms with Crippen LogP contribution in [0.3, 0.4) is 0 Å². The monoisotopic (exact) mass is 428 g/mol. The summed E-state index contributed by atoms with van der Waals surface area (Å²) in [7, 11) is -3.61. The number of piperidine rings is 1. The number of rotatable bonds is 4. The fourth-order valence-electron chi connectivity index (χ4n) is 4.39. The lowest BCUT2D eigenvalue weighted by Crippen LogP contribution is -2.39. The number of nitrogens with zero attached hydrogens (tertiary/aromatic N) is 2. The first-order chi connectivity index (χ1) is 14.4. The van der Waals surface area contributed by atoms with Gasteiger partial charge in [0, 0.05) is 26.1 Å². The maximum Gasteiger partial charge on any atom is 0.243 e. The highest BCUT2D eigenvalue weighted by atomic mass is 32.2. The molecule has 2 heterocycles. The van der Waals surface area contributed by atoms with Crippen molar-refractivity contribution in [2.75, 3.05) is 31.1 Å². The third kappa shape index (κ3) is 4.09.